The van der Waals surface area contributed by atoms with Gasteiger partial charge in [0.25, 0.3) is 0 Å². The number of imidazole rings is 1. The minimum absolute atomic E-state index is 0.540. The van der Waals surface area contributed by atoms with Gasteiger partial charge in [-0.25, -0.2) is 15.0 Å². The minimum Gasteiger partial charge on any atom is -0.593 e. The molecule has 26 heavy (non-hydrogen) atoms. The molecule has 0 amide bonds. The quantitative estimate of drug-likeness (QED) is 0.687. The van der Waals surface area contributed by atoms with Crippen molar-refractivity contribution in [1.82, 2.24) is 24.2 Å². The molecule has 1 aromatic carbocycles. The lowest BCUT2D eigenvalue weighted by atomic mass is 9.98. The van der Waals surface area contributed by atoms with Gasteiger partial charge in [-0.05, 0) is 49.6 Å². The normalized spacial score (nSPS) is 13.8. The van der Waals surface area contributed by atoms with Crippen molar-refractivity contribution in [3.05, 3.63) is 47.5 Å². The third kappa shape index (κ3) is 2.96. The number of hydrogen-bond donors (Lipinski definition) is 2. The van der Waals surface area contributed by atoms with Gasteiger partial charge < -0.3 is 14.4 Å². The lowest BCUT2D eigenvalue weighted by Gasteiger charge is -2.17. The highest BCUT2D eigenvalue weighted by Crippen LogP contribution is 2.32. The highest BCUT2D eigenvalue weighted by Gasteiger charge is 2.24. The van der Waals surface area contributed by atoms with Gasteiger partial charge in [-0.1, -0.05) is 0 Å². The maximum atomic E-state index is 11.7. The lowest BCUT2D eigenvalue weighted by Crippen LogP contribution is -2.18. The summed E-state index contributed by atoms with van der Waals surface area (Å²) >= 11 is -1.19. The smallest absolute Gasteiger partial charge is 0.227 e. The molecule has 7 nitrogen and oxygen atoms in total. The molecule has 3 aromatic rings. The van der Waals surface area contributed by atoms with E-state index in [1.807, 2.05) is 44.4 Å². The Morgan fingerprint density at radius 3 is 2.65 bits per heavy atom. The van der Waals surface area contributed by atoms with E-state index in [2.05, 4.69) is 24.6 Å². The first-order chi connectivity index (χ1) is 12.6. The molecule has 8 heteroatoms. The minimum atomic E-state index is -1.19. The fourth-order valence-electron chi connectivity index (χ4n) is 3.17. The zero-order valence-electron chi connectivity index (χ0n) is 14.9. The molecule has 2 heterocycles. The van der Waals surface area contributed by atoms with E-state index < -0.39 is 11.4 Å². The van der Waals surface area contributed by atoms with Crippen LogP contribution in [0, 0.1) is 6.92 Å². The van der Waals surface area contributed by atoms with E-state index in [9.17, 15) is 4.55 Å². The number of nitrogens with one attached hydrogen (secondary N) is 2. The van der Waals surface area contributed by atoms with Crippen molar-refractivity contribution in [2.24, 2.45) is 7.05 Å². The number of anilines is 2. The van der Waals surface area contributed by atoms with Crippen molar-refractivity contribution in [2.75, 3.05) is 12.4 Å². The summed E-state index contributed by atoms with van der Waals surface area (Å²) in [6, 6.07) is 7.37. The number of rotatable bonds is 4. The largest absolute Gasteiger partial charge is 0.593 e. The standard InChI is InChI=1S/C18H20N6OS/c1-11-21-15-9-4-12-10-20-18(23-16(12)17(15)24(11)3)22-13-5-7-14(8-6-13)26(25)19-2/h5-8,10,19H,4,9H2,1-3H3,(H,20,22,23). The van der Waals surface area contributed by atoms with E-state index in [4.69, 9.17) is 4.98 Å². The van der Waals surface area contributed by atoms with Crippen LogP contribution in [0.5, 0.6) is 0 Å². The summed E-state index contributed by atoms with van der Waals surface area (Å²) in [5.41, 5.74) is 5.11. The second-order valence-corrected chi connectivity index (χ2v) is 7.62. The molecule has 0 saturated heterocycles. The van der Waals surface area contributed by atoms with E-state index in [0.717, 1.165) is 51.9 Å². The average Bonchev–Trinajstić information content (AvgIpc) is 2.96. The summed E-state index contributed by atoms with van der Waals surface area (Å²) in [5.74, 6) is 1.53. The Bertz CT molecular complexity index is 953. The maximum absolute atomic E-state index is 11.7. The predicted molar refractivity (Wildman–Crippen MR) is 102 cm³/mol. The molecule has 1 atom stereocenters. The number of fused-ring (bicyclic) bond motifs is 3. The van der Waals surface area contributed by atoms with Crippen LogP contribution in [-0.2, 0) is 31.3 Å². The second-order valence-electron chi connectivity index (χ2n) is 6.20. The Labute approximate surface area is 155 Å². The molecule has 0 aliphatic heterocycles. The maximum Gasteiger partial charge on any atom is 0.227 e. The Morgan fingerprint density at radius 2 is 1.92 bits per heavy atom. The first-order valence-electron chi connectivity index (χ1n) is 8.41. The van der Waals surface area contributed by atoms with Crippen LogP contribution in [0.2, 0.25) is 0 Å². The molecule has 134 valence electrons. The van der Waals surface area contributed by atoms with Crippen LogP contribution in [0.4, 0.5) is 11.6 Å². The molecule has 0 bridgehead atoms. The third-order valence-electron chi connectivity index (χ3n) is 4.62. The molecular weight excluding hydrogens is 348 g/mol. The van der Waals surface area contributed by atoms with Crippen molar-refractivity contribution >= 4 is 23.0 Å². The molecular formula is C18H20N6OS. The molecule has 0 radical (unpaired) electrons. The predicted octanol–water partition coefficient (Wildman–Crippen LogP) is 2.27. The van der Waals surface area contributed by atoms with E-state index >= 15 is 0 Å². The summed E-state index contributed by atoms with van der Waals surface area (Å²) in [4.78, 5) is 14.6. The summed E-state index contributed by atoms with van der Waals surface area (Å²) < 4.78 is 16.6. The molecule has 1 aliphatic carbocycles. The highest BCUT2D eigenvalue weighted by atomic mass is 32.2. The SMILES string of the molecule is CN[S+]([O-])c1ccc(Nc2ncc3c(n2)-c2c(nc(C)n2C)CC3)cc1. The molecule has 0 saturated carbocycles. The molecule has 0 fully saturated rings. The summed E-state index contributed by atoms with van der Waals surface area (Å²) in [6.07, 6.45) is 3.72. The topological polar surface area (TPSA) is 90.7 Å². The van der Waals surface area contributed by atoms with Crippen LogP contribution in [0.1, 0.15) is 17.1 Å². The van der Waals surface area contributed by atoms with E-state index in [-0.39, 0.29) is 0 Å². The van der Waals surface area contributed by atoms with Gasteiger partial charge in [0, 0.05) is 26.0 Å². The van der Waals surface area contributed by atoms with E-state index in [0.29, 0.717) is 5.95 Å². The lowest BCUT2D eigenvalue weighted by molar-refractivity contribution is 0.587. The van der Waals surface area contributed by atoms with Crippen LogP contribution in [-0.4, -0.2) is 31.1 Å². The fourth-order valence-corrected chi connectivity index (χ4v) is 3.78. The van der Waals surface area contributed by atoms with Crippen molar-refractivity contribution in [2.45, 2.75) is 24.7 Å². The molecule has 1 unspecified atom stereocenters. The Hall–Kier alpha value is -2.42. The highest BCUT2D eigenvalue weighted by molar-refractivity contribution is 7.89. The molecule has 2 N–H and O–H groups in total. The number of hydrogen-bond acceptors (Lipinski definition) is 6. The first kappa shape index (κ1) is 17.0. The van der Waals surface area contributed by atoms with Gasteiger partial charge in [-0.15, -0.1) is 4.72 Å². The molecule has 4 rings (SSSR count). The van der Waals surface area contributed by atoms with Gasteiger partial charge in [0.2, 0.25) is 5.95 Å². The van der Waals surface area contributed by atoms with Gasteiger partial charge in [-0.2, -0.15) is 0 Å². The fraction of sp³-hybridized carbons (Fsp3) is 0.278. The van der Waals surface area contributed by atoms with E-state index in [1.165, 1.54) is 0 Å². The monoisotopic (exact) mass is 368 g/mol. The van der Waals surface area contributed by atoms with Crippen molar-refractivity contribution in [3.8, 4) is 11.4 Å². The Morgan fingerprint density at radius 1 is 1.15 bits per heavy atom. The second kappa shape index (κ2) is 6.71. The molecule has 1 aliphatic rings. The summed E-state index contributed by atoms with van der Waals surface area (Å²) in [7, 11) is 3.68. The third-order valence-corrected chi connectivity index (χ3v) is 5.69. The average molecular weight is 368 g/mol. The van der Waals surface area contributed by atoms with Gasteiger partial charge >= 0.3 is 0 Å². The van der Waals surface area contributed by atoms with Crippen LogP contribution < -0.4 is 10.0 Å². The zero-order chi connectivity index (χ0) is 18.3. The van der Waals surface area contributed by atoms with Crippen molar-refractivity contribution in [3.63, 3.8) is 0 Å². The summed E-state index contributed by atoms with van der Waals surface area (Å²) in [5, 5.41) is 3.22. The summed E-state index contributed by atoms with van der Waals surface area (Å²) in [6.45, 7) is 2.01. The van der Waals surface area contributed by atoms with Gasteiger partial charge in [0.05, 0.1) is 28.4 Å². The van der Waals surface area contributed by atoms with Gasteiger partial charge in [0.1, 0.15) is 5.82 Å². The van der Waals surface area contributed by atoms with Crippen LogP contribution in [0.3, 0.4) is 0 Å². The van der Waals surface area contributed by atoms with Crippen molar-refractivity contribution in [1.29, 1.82) is 0 Å². The van der Waals surface area contributed by atoms with Gasteiger partial charge in [-0.3, -0.25) is 0 Å². The Kier molecular flexibility index (Phi) is 4.39. The van der Waals surface area contributed by atoms with Gasteiger partial charge in [0.15, 0.2) is 4.90 Å². The zero-order valence-corrected chi connectivity index (χ0v) is 15.7. The van der Waals surface area contributed by atoms with Crippen LogP contribution >= 0.6 is 0 Å². The molecule has 0 spiro atoms. The van der Waals surface area contributed by atoms with E-state index in [1.54, 1.807) is 7.05 Å². The number of aryl methyl sites for hydroxylation is 3. The van der Waals surface area contributed by atoms with Crippen LogP contribution in [0.25, 0.3) is 11.4 Å². The van der Waals surface area contributed by atoms with Crippen molar-refractivity contribution < 1.29 is 4.55 Å². The number of aromatic nitrogens is 4. The molecule has 2 aromatic heterocycles. The van der Waals surface area contributed by atoms with Crippen LogP contribution in [0.15, 0.2) is 35.4 Å². The number of nitrogens with zero attached hydrogens (tertiary/aromatic N) is 4. The first-order valence-corrected chi connectivity index (χ1v) is 9.56. The Balaban J connectivity index is 1.64. The number of benzene rings is 1.